The highest BCUT2D eigenvalue weighted by atomic mass is 32.1. The molecule has 0 unspecified atom stereocenters. The monoisotopic (exact) mass is 248 g/mol. The minimum Gasteiger partial charge on any atom is -0.481 e. The van der Waals surface area contributed by atoms with E-state index in [1.807, 2.05) is 0 Å². The molecule has 0 aliphatic carbocycles. The van der Waals surface area contributed by atoms with Crippen molar-refractivity contribution in [3.8, 4) is 0 Å². The Morgan fingerprint density at radius 3 is 2.82 bits per heavy atom. The van der Waals surface area contributed by atoms with Crippen LogP contribution in [0.1, 0.15) is 31.2 Å². The van der Waals surface area contributed by atoms with Crippen LogP contribution in [0, 0.1) is 0 Å². The Kier molecular flexibility index (Phi) is 4.15. The van der Waals surface area contributed by atoms with Crippen LogP contribution < -0.4 is 0 Å². The first-order valence-electron chi connectivity index (χ1n) is 5.94. The molecule has 1 aromatic heterocycles. The molecule has 0 aliphatic heterocycles. The van der Waals surface area contributed by atoms with Gasteiger partial charge in [-0.1, -0.05) is 24.6 Å². The smallest absolute Gasteiger partial charge is 0.303 e. The fourth-order valence-corrected chi connectivity index (χ4v) is 2.99. The zero-order valence-electron chi connectivity index (χ0n) is 9.69. The molecular weight excluding hydrogens is 232 g/mol. The van der Waals surface area contributed by atoms with E-state index in [9.17, 15) is 4.79 Å². The lowest BCUT2D eigenvalue weighted by molar-refractivity contribution is -0.137. The predicted octanol–water partition coefficient (Wildman–Crippen LogP) is 4.09. The van der Waals surface area contributed by atoms with Gasteiger partial charge in [-0.25, -0.2) is 0 Å². The zero-order chi connectivity index (χ0) is 12.1. The van der Waals surface area contributed by atoms with Gasteiger partial charge in [-0.2, -0.15) is 0 Å². The number of hydrogen-bond acceptors (Lipinski definition) is 2. The largest absolute Gasteiger partial charge is 0.481 e. The van der Waals surface area contributed by atoms with Gasteiger partial charge in [0.05, 0.1) is 0 Å². The maximum atomic E-state index is 10.4. The zero-order valence-corrected chi connectivity index (χ0v) is 10.5. The van der Waals surface area contributed by atoms with Gasteiger partial charge in [-0.15, -0.1) is 11.3 Å². The first-order chi connectivity index (χ1) is 8.27. The molecule has 0 spiro atoms. The van der Waals surface area contributed by atoms with E-state index in [1.54, 1.807) is 11.3 Å². The number of hydrogen-bond donors (Lipinski definition) is 1. The lowest BCUT2D eigenvalue weighted by Gasteiger charge is -1.99. The molecule has 2 nitrogen and oxygen atoms in total. The summed E-state index contributed by atoms with van der Waals surface area (Å²) in [6, 6.07) is 8.45. The van der Waals surface area contributed by atoms with Gasteiger partial charge in [0, 0.05) is 11.1 Å². The van der Waals surface area contributed by atoms with Crippen molar-refractivity contribution in [2.45, 2.75) is 32.1 Å². The van der Waals surface area contributed by atoms with Crippen LogP contribution in [0.3, 0.4) is 0 Å². The van der Waals surface area contributed by atoms with E-state index in [-0.39, 0.29) is 0 Å². The van der Waals surface area contributed by atoms with Crippen molar-refractivity contribution in [2.24, 2.45) is 0 Å². The Bertz CT molecular complexity index is 502. The van der Waals surface area contributed by atoms with Crippen molar-refractivity contribution in [3.63, 3.8) is 0 Å². The van der Waals surface area contributed by atoms with Crippen LogP contribution >= 0.6 is 11.3 Å². The maximum Gasteiger partial charge on any atom is 0.303 e. The molecule has 0 bridgehead atoms. The molecule has 0 radical (unpaired) electrons. The van der Waals surface area contributed by atoms with Crippen LogP contribution in [0.5, 0.6) is 0 Å². The molecule has 0 atom stereocenters. The molecule has 17 heavy (non-hydrogen) atoms. The van der Waals surface area contributed by atoms with Crippen LogP contribution in [-0.2, 0) is 11.2 Å². The standard InChI is InChI=1S/C14H16O2S/c15-14(16)9-3-1-2-6-11-10-17-13-8-5-4-7-12(11)13/h4-5,7-8,10H,1-3,6,9H2,(H,15,16). The Morgan fingerprint density at radius 2 is 2.00 bits per heavy atom. The number of carboxylic acids is 1. The summed E-state index contributed by atoms with van der Waals surface area (Å²) >= 11 is 1.79. The van der Waals surface area contributed by atoms with Crippen LogP contribution in [-0.4, -0.2) is 11.1 Å². The molecule has 0 aliphatic rings. The molecule has 2 aromatic rings. The number of thiophene rings is 1. The van der Waals surface area contributed by atoms with Gasteiger partial charge in [-0.3, -0.25) is 4.79 Å². The molecule has 0 saturated carbocycles. The summed E-state index contributed by atoms with van der Waals surface area (Å²) in [5, 5.41) is 12.1. The fourth-order valence-electron chi connectivity index (χ4n) is 1.99. The first-order valence-corrected chi connectivity index (χ1v) is 6.82. The third-order valence-corrected chi connectivity index (χ3v) is 3.91. The van der Waals surface area contributed by atoms with Crippen LogP contribution in [0.15, 0.2) is 29.6 Å². The summed E-state index contributed by atoms with van der Waals surface area (Å²) in [5.74, 6) is -0.689. The van der Waals surface area contributed by atoms with Crippen molar-refractivity contribution in [3.05, 3.63) is 35.2 Å². The first kappa shape index (κ1) is 12.1. The lowest BCUT2D eigenvalue weighted by atomic mass is 10.1. The second-order valence-electron chi connectivity index (χ2n) is 4.21. The molecule has 1 heterocycles. The average molecular weight is 248 g/mol. The summed E-state index contributed by atoms with van der Waals surface area (Å²) in [6.07, 6.45) is 4.22. The molecule has 1 aromatic carbocycles. The van der Waals surface area contributed by atoms with E-state index in [4.69, 9.17) is 5.11 Å². The topological polar surface area (TPSA) is 37.3 Å². The number of benzene rings is 1. The summed E-state index contributed by atoms with van der Waals surface area (Å²) in [4.78, 5) is 10.4. The summed E-state index contributed by atoms with van der Waals surface area (Å²) in [6.45, 7) is 0. The van der Waals surface area contributed by atoms with Crippen molar-refractivity contribution in [2.75, 3.05) is 0 Å². The second kappa shape index (κ2) is 5.82. The number of fused-ring (bicyclic) bond motifs is 1. The van der Waals surface area contributed by atoms with Crippen LogP contribution in [0.25, 0.3) is 10.1 Å². The molecular formula is C14H16O2S. The number of aliphatic carboxylic acids is 1. The Hall–Kier alpha value is -1.35. The minimum absolute atomic E-state index is 0.296. The van der Waals surface area contributed by atoms with E-state index >= 15 is 0 Å². The van der Waals surface area contributed by atoms with E-state index in [1.165, 1.54) is 15.6 Å². The highest BCUT2D eigenvalue weighted by Gasteiger charge is 2.03. The summed E-state index contributed by atoms with van der Waals surface area (Å²) < 4.78 is 1.34. The quantitative estimate of drug-likeness (QED) is 0.782. The number of aryl methyl sites for hydroxylation is 1. The predicted molar refractivity (Wildman–Crippen MR) is 71.6 cm³/mol. The Balaban J connectivity index is 1.85. The van der Waals surface area contributed by atoms with Crippen LogP contribution in [0.4, 0.5) is 0 Å². The van der Waals surface area contributed by atoms with Gasteiger partial charge >= 0.3 is 5.97 Å². The van der Waals surface area contributed by atoms with Crippen molar-refractivity contribution in [1.29, 1.82) is 0 Å². The van der Waals surface area contributed by atoms with E-state index < -0.39 is 5.97 Å². The van der Waals surface area contributed by atoms with Crippen molar-refractivity contribution in [1.82, 2.24) is 0 Å². The Labute approximate surface area is 105 Å². The Morgan fingerprint density at radius 1 is 1.18 bits per heavy atom. The fraction of sp³-hybridized carbons (Fsp3) is 0.357. The number of carbonyl (C=O) groups is 1. The molecule has 3 heteroatoms. The SMILES string of the molecule is O=C(O)CCCCCc1csc2ccccc12. The molecule has 2 rings (SSSR count). The van der Waals surface area contributed by atoms with E-state index in [2.05, 4.69) is 29.6 Å². The van der Waals surface area contributed by atoms with E-state index in [0.29, 0.717) is 6.42 Å². The second-order valence-corrected chi connectivity index (χ2v) is 5.12. The number of rotatable bonds is 6. The van der Waals surface area contributed by atoms with Gasteiger partial charge in [0.25, 0.3) is 0 Å². The van der Waals surface area contributed by atoms with Crippen LogP contribution in [0.2, 0.25) is 0 Å². The summed E-state index contributed by atoms with van der Waals surface area (Å²) in [5.41, 5.74) is 1.40. The molecule has 1 N–H and O–H groups in total. The summed E-state index contributed by atoms with van der Waals surface area (Å²) in [7, 11) is 0. The van der Waals surface area contributed by atoms with E-state index in [0.717, 1.165) is 25.7 Å². The van der Waals surface area contributed by atoms with Gasteiger partial charge in [0.15, 0.2) is 0 Å². The van der Waals surface area contributed by atoms with Gasteiger partial charge in [0.2, 0.25) is 0 Å². The van der Waals surface area contributed by atoms with Gasteiger partial charge in [-0.05, 0) is 41.7 Å². The lowest BCUT2D eigenvalue weighted by Crippen LogP contribution is -1.94. The third kappa shape index (κ3) is 3.30. The highest BCUT2D eigenvalue weighted by molar-refractivity contribution is 7.17. The molecule has 90 valence electrons. The molecule has 0 fully saturated rings. The average Bonchev–Trinajstić information content (AvgIpc) is 2.72. The van der Waals surface area contributed by atoms with Gasteiger partial charge in [0.1, 0.15) is 0 Å². The van der Waals surface area contributed by atoms with Crippen molar-refractivity contribution >= 4 is 27.4 Å². The third-order valence-electron chi connectivity index (χ3n) is 2.90. The molecule has 0 saturated heterocycles. The normalized spacial score (nSPS) is 10.8. The van der Waals surface area contributed by atoms with Crippen molar-refractivity contribution < 1.29 is 9.90 Å². The highest BCUT2D eigenvalue weighted by Crippen LogP contribution is 2.26. The maximum absolute atomic E-state index is 10.4. The van der Waals surface area contributed by atoms with Gasteiger partial charge < -0.3 is 5.11 Å². The number of unbranched alkanes of at least 4 members (excludes halogenated alkanes) is 2. The molecule has 0 amide bonds. The number of carboxylic acid groups (broad SMARTS) is 1. The minimum atomic E-state index is -0.689.